The molecule has 0 saturated heterocycles. The second-order valence-electron chi connectivity index (χ2n) is 5.78. The maximum atomic E-state index is 12.9. The summed E-state index contributed by atoms with van der Waals surface area (Å²) in [4.78, 5) is 12.4. The third-order valence-electron chi connectivity index (χ3n) is 3.78. The van der Waals surface area contributed by atoms with Gasteiger partial charge in [0.2, 0.25) is 5.91 Å². The van der Waals surface area contributed by atoms with Crippen molar-refractivity contribution in [3.05, 3.63) is 47.2 Å². The van der Waals surface area contributed by atoms with E-state index in [2.05, 4.69) is 15.5 Å². The molecule has 0 aliphatic carbocycles. The summed E-state index contributed by atoms with van der Waals surface area (Å²) >= 11 is 7.02. The van der Waals surface area contributed by atoms with E-state index in [9.17, 15) is 18.0 Å². The fourth-order valence-electron chi connectivity index (χ4n) is 2.28. The van der Waals surface area contributed by atoms with Crippen molar-refractivity contribution in [2.45, 2.75) is 23.5 Å². The van der Waals surface area contributed by atoms with Gasteiger partial charge in [-0.2, -0.15) is 13.2 Å². The molecule has 148 valence electrons. The number of benzene rings is 1. The molecule has 0 fully saturated rings. The summed E-state index contributed by atoms with van der Waals surface area (Å²) in [5, 5.41) is 10.3. The van der Waals surface area contributed by atoms with Crippen molar-refractivity contribution >= 4 is 35.0 Å². The predicted octanol–water partition coefficient (Wildman–Crippen LogP) is 4.87. The highest BCUT2D eigenvalue weighted by atomic mass is 35.5. The minimum atomic E-state index is -4.54. The van der Waals surface area contributed by atoms with E-state index in [1.54, 1.807) is 30.7 Å². The van der Waals surface area contributed by atoms with E-state index < -0.39 is 22.9 Å². The molecule has 1 N–H and O–H groups in total. The van der Waals surface area contributed by atoms with Gasteiger partial charge in [-0.05, 0) is 37.3 Å². The van der Waals surface area contributed by atoms with Gasteiger partial charge in [0.15, 0.2) is 16.7 Å². The van der Waals surface area contributed by atoms with Crippen LogP contribution >= 0.6 is 23.4 Å². The molecule has 0 saturated carbocycles. The first-order chi connectivity index (χ1) is 13.2. The number of hydrogen-bond acceptors (Lipinski definition) is 5. The monoisotopic (exact) mass is 430 g/mol. The fourth-order valence-corrected chi connectivity index (χ4v) is 3.26. The van der Waals surface area contributed by atoms with Gasteiger partial charge in [-0.15, -0.1) is 10.2 Å². The van der Waals surface area contributed by atoms with Crippen LogP contribution in [0, 0.1) is 0 Å². The molecule has 0 bridgehead atoms. The Balaban J connectivity index is 1.72. The summed E-state index contributed by atoms with van der Waals surface area (Å²) in [6.45, 7) is 1.60. The molecular weight excluding hydrogens is 417 g/mol. The quantitative estimate of drug-likeness (QED) is 0.585. The van der Waals surface area contributed by atoms with Crippen LogP contribution < -0.4 is 5.32 Å². The van der Waals surface area contributed by atoms with Crippen molar-refractivity contribution < 1.29 is 22.4 Å². The second-order valence-corrected chi connectivity index (χ2v) is 7.50. The van der Waals surface area contributed by atoms with Crippen molar-refractivity contribution in [2.75, 3.05) is 5.32 Å². The number of amides is 1. The maximum absolute atomic E-state index is 12.9. The number of nitrogens with one attached hydrogen (secondary N) is 1. The second kappa shape index (κ2) is 7.88. The van der Waals surface area contributed by atoms with E-state index in [1.807, 2.05) is 0 Å². The van der Waals surface area contributed by atoms with Gasteiger partial charge in [-0.25, -0.2) is 0 Å². The van der Waals surface area contributed by atoms with E-state index in [4.69, 9.17) is 16.0 Å². The maximum Gasteiger partial charge on any atom is 0.416 e. The largest absolute Gasteiger partial charge is 0.461 e. The standard InChI is InChI=1S/C17H14ClF3N4O2S/c1-9(28-16-24-23-14(25(16)2)13-4-3-7-27-13)15(26)22-12-8-10(17(19,20)21)5-6-11(12)18/h3-9H,1-2H3,(H,22,26)/t9-/m0/s1. The summed E-state index contributed by atoms with van der Waals surface area (Å²) in [5.41, 5.74) is -1.01. The van der Waals surface area contributed by atoms with Crippen LogP contribution in [0.15, 0.2) is 46.2 Å². The van der Waals surface area contributed by atoms with Crippen molar-refractivity contribution in [3.63, 3.8) is 0 Å². The van der Waals surface area contributed by atoms with E-state index in [0.717, 1.165) is 30.0 Å². The molecule has 0 aliphatic rings. The summed E-state index contributed by atoms with van der Waals surface area (Å²) < 4.78 is 45.5. The number of aromatic nitrogens is 3. The van der Waals surface area contributed by atoms with Crippen LogP contribution in [-0.4, -0.2) is 25.9 Å². The number of halogens is 4. The van der Waals surface area contributed by atoms with E-state index in [0.29, 0.717) is 16.7 Å². The zero-order chi connectivity index (χ0) is 20.5. The molecule has 28 heavy (non-hydrogen) atoms. The Morgan fingerprint density at radius 1 is 1.32 bits per heavy atom. The highest BCUT2D eigenvalue weighted by molar-refractivity contribution is 8.00. The van der Waals surface area contributed by atoms with Gasteiger partial charge in [0, 0.05) is 7.05 Å². The van der Waals surface area contributed by atoms with Gasteiger partial charge in [0.05, 0.1) is 27.8 Å². The summed E-state index contributed by atoms with van der Waals surface area (Å²) in [6.07, 6.45) is -3.03. The fraction of sp³-hybridized carbons (Fsp3) is 0.235. The average molecular weight is 431 g/mol. The Hall–Kier alpha value is -2.46. The van der Waals surface area contributed by atoms with Gasteiger partial charge < -0.3 is 14.3 Å². The number of rotatable bonds is 5. The molecule has 0 unspecified atom stereocenters. The van der Waals surface area contributed by atoms with Crippen molar-refractivity contribution in [1.29, 1.82) is 0 Å². The van der Waals surface area contributed by atoms with E-state index in [-0.39, 0.29) is 10.7 Å². The third kappa shape index (κ3) is 4.33. The van der Waals surface area contributed by atoms with Crippen LogP contribution in [0.2, 0.25) is 5.02 Å². The molecule has 11 heteroatoms. The molecule has 1 atom stereocenters. The van der Waals surface area contributed by atoms with Gasteiger partial charge in [0.25, 0.3) is 0 Å². The first-order valence-corrected chi connectivity index (χ1v) is 9.20. The summed E-state index contributed by atoms with van der Waals surface area (Å²) in [5.74, 6) is 0.490. The van der Waals surface area contributed by atoms with Crippen LogP contribution in [0.1, 0.15) is 12.5 Å². The number of nitrogens with zero attached hydrogens (tertiary/aromatic N) is 3. The van der Waals surface area contributed by atoms with Crippen LogP contribution in [0.3, 0.4) is 0 Å². The molecule has 0 radical (unpaired) electrons. The zero-order valence-corrected chi connectivity index (χ0v) is 16.2. The topological polar surface area (TPSA) is 73.0 Å². The van der Waals surface area contributed by atoms with E-state index in [1.165, 1.54) is 6.26 Å². The number of carbonyl (C=O) groups excluding carboxylic acids is 1. The number of carbonyl (C=O) groups is 1. The van der Waals surface area contributed by atoms with Crippen LogP contribution in [-0.2, 0) is 18.0 Å². The first kappa shape index (κ1) is 20.3. The van der Waals surface area contributed by atoms with Crippen LogP contribution in [0.5, 0.6) is 0 Å². The summed E-state index contributed by atoms with van der Waals surface area (Å²) in [7, 11) is 1.72. The molecule has 1 amide bonds. The lowest BCUT2D eigenvalue weighted by Gasteiger charge is -2.14. The number of thioether (sulfide) groups is 1. The molecule has 6 nitrogen and oxygen atoms in total. The highest BCUT2D eigenvalue weighted by Crippen LogP contribution is 2.34. The highest BCUT2D eigenvalue weighted by Gasteiger charge is 2.31. The van der Waals surface area contributed by atoms with Crippen LogP contribution in [0.4, 0.5) is 18.9 Å². The Morgan fingerprint density at radius 3 is 2.71 bits per heavy atom. The predicted molar refractivity (Wildman–Crippen MR) is 99.1 cm³/mol. The van der Waals surface area contributed by atoms with Gasteiger partial charge in [-0.1, -0.05) is 23.4 Å². The number of hydrogen-bond donors (Lipinski definition) is 1. The minimum Gasteiger partial charge on any atom is -0.461 e. The van der Waals surface area contributed by atoms with Crippen molar-refractivity contribution in [1.82, 2.24) is 14.8 Å². The lowest BCUT2D eigenvalue weighted by atomic mass is 10.2. The molecule has 1 aromatic carbocycles. The van der Waals surface area contributed by atoms with Gasteiger partial charge in [0.1, 0.15) is 0 Å². The number of furan rings is 1. The lowest BCUT2D eigenvalue weighted by Crippen LogP contribution is -2.23. The normalized spacial score (nSPS) is 12.8. The van der Waals surface area contributed by atoms with Crippen molar-refractivity contribution in [3.8, 4) is 11.6 Å². The van der Waals surface area contributed by atoms with E-state index >= 15 is 0 Å². The number of alkyl halides is 3. The summed E-state index contributed by atoms with van der Waals surface area (Å²) in [6, 6.07) is 6.19. The Kier molecular flexibility index (Phi) is 5.71. The average Bonchev–Trinajstić information content (AvgIpc) is 3.26. The number of anilines is 1. The molecule has 2 heterocycles. The molecule has 0 spiro atoms. The molecule has 2 aromatic heterocycles. The Bertz CT molecular complexity index is 989. The molecule has 0 aliphatic heterocycles. The first-order valence-electron chi connectivity index (χ1n) is 7.94. The Morgan fingerprint density at radius 2 is 2.07 bits per heavy atom. The molecular formula is C17H14ClF3N4O2S. The third-order valence-corrected chi connectivity index (χ3v) is 5.24. The lowest BCUT2D eigenvalue weighted by molar-refractivity contribution is -0.137. The van der Waals surface area contributed by atoms with Gasteiger partial charge in [-0.3, -0.25) is 4.79 Å². The minimum absolute atomic E-state index is 0.0114. The van der Waals surface area contributed by atoms with Crippen molar-refractivity contribution in [2.24, 2.45) is 7.05 Å². The van der Waals surface area contributed by atoms with Crippen LogP contribution in [0.25, 0.3) is 11.6 Å². The Labute approximate surface area is 167 Å². The van der Waals surface area contributed by atoms with Gasteiger partial charge >= 0.3 is 6.18 Å². The zero-order valence-electron chi connectivity index (χ0n) is 14.6. The molecule has 3 rings (SSSR count). The molecule has 3 aromatic rings. The SMILES string of the molecule is C[C@H](Sc1nnc(-c2ccco2)n1C)C(=O)Nc1cc(C(F)(F)F)ccc1Cl. The smallest absolute Gasteiger partial charge is 0.416 e.